The van der Waals surface area contributed by atoms with Gasteiger partial charge in [-0.25, -0.2) is 4.79 Å². The Bertz CT molecular complexity index is 732. The highest BCUT2D eigenvalue weighted by atomic mass is 16.5. The summed E-state index contributed by atoms with van der Waals surface area (Å²) < 4.78 is 10.5. The largest absolute Gasteiger partial charge is 0.493 e. The zero-order chi connectivity index (χ0) is 17.6. The van der Waals surface area contributed by atoms with Gasteiger partial charge in [0.25, 0.3) is 0 Å². The van der Waals surface area contributed by atoms with Crippen molar-refractivity contribution in [2.75, 3.05) is 24.9 Å². The van der Waals surface area contributed by atoms with Crippen LogP contribution >= 0.6 is 0 Å². The van der Waals surface area contributed by atoms with Crippen LogP contribution in [-0.2, 0) is 6.54 Å². The van der Waals surface area contributed by atoms with Crippen LogP contribution in [-0.4, -0.2) is 36.5 Å². The Kier molecular flexibility index (Phi) is 5.17. The zero-order valence-corrected chi connectivity index (χ0v) is 14.2. The first-order valence-electron chi connectivity index (χ1n) is 8.04. The Morgan fingerprint density at radius 3 is 2.44 bits per heavy atom. The second-order valence-electron chi connectivity index (χ2n) is 5.72. The van der Waals surface area contributed by atoms with Crippen LogP contribution in [0.25, 0.3) is 0 Å². The molecule has 1 aliphatic carbocycles. The quantitative estimate of drug-likeness (QED) is 0.714. The van der Waals surface area contributed by atoms with Crippen molar-refractivity contribution >= 4 is 17.7 Å². The van der Waals surface area contributed by atoms with Crippen molar-refractivity contribution in [2.24, 2.45) is 0 Å². The lowest BCUT2D eigenvalue weighted by Gasteiger charge is -2.10. The molecule has 2 amide bonds. The number of anilines is 2. The molecule has 3 N–H and O–H groups in total. The van der Waals surface area contributed by atoms with E-state index in [0.29, 0.717) is 35.7 Å². The third-order valence-corrected chi connectivity index (χ3v) is 3.74. The molecule has 25 heavy (non-hydrogen) atoms. The number of rotatable bonds is 7. The van der Waals surface area contributed by atoms with Crippen LogP contribution in [0.15, 0.2) is 30.3 Å². The summed E-state index contributed by atoms with van der Waals surface area (Å²) >= 11 is 0. The van der Waals surface area contributed by atoms with E-state index in [9.17, 15) is 4.79 Å². The standard InChI is InChI=1S/C17H21N5O3/c1-24-13-6-3-11(9-14(13)25-2)10-18-15-7-8-16(22-21-15)20-17(23)19-12-4-5-12/h3,6-9,12H,4-5,10H2,1-2H3,(H,18,21)(H2,19,20,22,23). The number of benzene rings is 1. The number of carbonyl (C=O) groups excluding carboxylic acids is 1. The Morgan fingerprint density at radius 1 is 1.08 bits per heavy atom. The number of methoxy groups -OCH3 is 2. The van der Waals surface area contributed by atoms with Gasteiger partial charge in [-0.05, 0) is 42.7 Å². The molecule has 0 aliphatic heterocycles. The number of urea groups is 1. The number of nitrogens with zero attached hydrogens (tertiary/aromatic N) is 2. The molecule has 0 spiro atoms. The predicted octanol–water partition coefficient (Wildman–Crippen LogP) is 2.39. The van der Waals surface area contributed by atoms with Gasteiger partial charge >= 0.3 is 6.03 Å². The predicted molar refractivity (Wildman–Crippen MR) is 94.1 cm³/mol. The molecule has 1 heterocycles. The van der Waals surface area contributed by atoms with Crippen molar-refractivity contribution < 1.29 is 14.3 Å². The summed E-state index contributed by atoms with van der Waals surface area (Å²) in [7, 11) is 3.21. The molecular formula is C17H21N5O3. The Hall–Kier alpha value is -3.03. The van der Waals surface area contributed by atoms with Crippen molar-refractivity contribution in [1.29, 1.82) is 0 Å². The molecule has 8 nitrogen and oxygen atoms in total. The summed E-state index contributed by atoms with van der Waals surface area (Å²) in [6, 6.07) is 9.22. The van der Waals surface area contributed by atoms with E-state index in [-0.39, 0.29) is 6.03 Å². The van der Waals surface area contributed by atoms with Gasteiger partial charge in [-0.3, -0.25) is 5.32 Å². The fourth-order valence-electron chi connectivity index (χ4n) is 2.24. The molecule has 1 aromatic carbocycles. The minimum atomic E-state index is -0.247. The minimum Gasteiger partial charge on any atom is -0.493 e. The molecule has 3 rings (SSSR count). The van der Waals surface area contributed by atoms with Crippen LogP contribution in [0.4, 0.5) is 16.4 Å². The van der Waals surface area contributed by atoms with E-state index in [2.05, 4.69) is 26.1 Å². The van der Waals surface area contributed by atoms with Crippen LogP contribution in [0.2, 0.25) is 0 Å². The van der Waals surface area contributed by atoms with Crippen LogP contribution in [0.1, 0.15) is 18.4 Å². The van der Waals surface area contributed by atoms with Crippen molar-refractivity contribution in [3.63, 3.8) is 0 Å². The molecule has 2 aromatic rings. The number of amides is 2. The molecule has 1 saturated carbocycles. The maximum atomic E-state index is 11.6. The first-order chi connectivity index (χ1) is 12.2. The van der Waals surface area contributed by atoms with Crippen LogP contribution in [0, 0.1) is 0 Å². The molecule has 0 radical (unpaired) electrons. The molecule has 8 heteroatoms. The fourth-order valence-corrected chi connectivity index (χ4v) is 2.24. The van der Waals surface area contributed by atoms with Crippen LogP contribution in [0.3, 0.4) is 0 Å². The molecule has 0 unspecified atom stereocenters. The molecule has 0 saturated heterocycles. The van der Waals surface area contributed by atoms with E-state index in [0.717, 1.165) is 18.4 Å². The summed E-state index contributed by atoms with van der Waals surface area (Å²) in [6.45, 7) is 0.559. The van der Waals surface area contributed by atoms with Crippen molar-refractivity contribution in [1.82, 2.24) is 15.5 Å². The van der Waals surface area contributed by atoms with Crippen molar-refractivity contribution in [3.8, 4) is 11.5 Å². The van der Waals surface area contributed by atoms with Crippen molar-refractivity contribution in [3.05, 3.63) is 35.9 Å². The normalized spacial score (nSPS) is 13.0. The highest BCUT2D eigenvalue weighted by molar-refractivity contribution is 5.88. The van der Waals surface area contributed by atoms with Crippen molar-refractivity contribution in [2.45, 2.75) is 25.4 Å². The van der Waals surface area contributed by atoms with Gasteiger partial charge in [0.05, 0.1) is 14.2 Å². The highest BCUT2D eigenvalue weighted by Crippen LogP contribution is 2.27. The molecule has 132 valence electrons. The van der Waals surface area contributed by atoms with E-state index in [4.69, 9.17) is 9.47 Å². The summed E-state index contributed by atoms with van der Waals surface area (Å²) in [5.41, 5.74) is 1.02. The lowest BCUT2D eigenvalue weighted by Crippen LogP contribution is -2.30. The Labute approximate surface area is 145 Å². The zero-order valence-electron chi connectivity index (χ0n) is 14.2. The fraction of sp³-hybridized carbons (Fsp3) is 0.353. The maximum absolute atomic E-state index is 11.6. The van der Waals surface area contributed by atoms with Gasteiger partial charge in [0, 0.05) is 12.6 Å². The van der Waals surface area contributed by atoms with Gasteiger partial charge in [0.15, 0.2) is 17.3 Å². The van der Waals surface area contributed by atoms with Gasteiger partial charge in [-0.15, -0.1) is 10.2 Å². The second-order valence-corrected chi connectivity index (χ2v) is 5.72. The number of hydrogen-bond donors (Lipinski definition) is 3. The van der Waals surface area contributed by atoms with Crippen LogP contribution in [0.5, 0.6) is 11.5 Å². The number of carbonyl (C=O) groups is 1. The topological polar surface area (TPSA) is 97.4 Å². The Balaban J connectivity index is 1.53. The molecule has 1 fully saturated rings. The molecule has 1 aromatic heterocycles. The van der Waals surface area contributed by atoms with Crippen LogP contribution < -0.4 is 25.4 Å². The summed E-state index contributed by atoms with van der Waals surface area (Å²) in [5, 5.41) is 16.7. The number of ether oxygens (including phenoxy) is 2. The van der Waals surface area contributed by atoms with E-state index in [1.165, 1.54) is 0 Å². The first-order valence-corrected chi connectivity index (χ1v) is 8.04. The minimum absolute atomic E-state index is 0.247. The van der Waals surface area contributed by atoms with Gasteiger partial charge < -0.3 is 20.1 Å². The first kappa shape index (κ1) is 16.8. The highest BCUT2D eigenvalue weighted by Gasteiger charge is 2.23. The summed E-state index contributed by atoms with van der Waals surface area (Å²) in [6.07, 6.45) is 2.08. The van der Waals surface area contributed by atoms with Gasteiger partial charge in [0.1, 0.15) is 5.82 Å². The van der Waals surface area contributed by atoms with Gasteiger partial charge in [-0.1, -0.05) is 6.07 Å². The average molecular weight is 343 g/mol. The van der Waals surface area contributed by atoms with E-state index >= 15 is 0 Å². The molecule has 0 bridgehead atoms. The second kappa shape index (κ2) is 7.69. The molecular weight excluding hydrogens is 322 g/mol. The number of nitrogens with one attached hydrogen (secondary N) is 3. The average Bonchev–Trinajstić information content (AvgIpc) is 3.44. The maximum Gasteiger partial charge on any atom is 0.320 e. The summed E-state index contributed by atoms with van der Waals surface area (Å²) in [4.78, 5) is 11.6. The Morgan fingerprint density at radius 2 is 1.80 bits per heavy atom. The van der Waals surface area contributed by atoms with E-state index in [1.807, 2.05) is 18.2 Å². The van der Waals surface area contributed by atoms with E-state index < -0.39 is 0 Å². The third-order valence-electron chi connectivity index (χ3n) is 3.74. The van der Waals surface area contributed by atoms with Gasteiger partial charge in [0.2, 0.25) is 0 Å². The number of aromatic nitrogens is 2. The summed E-state index contributed by atoms with van der Waals surface area (Å²) in [5.74, 6) is 2.39. The number of hydrogen-bond acceptors (Lipinski definition) is 6. The lowest BCUT2D eigenvalue weighted by molar-refractivity contribution is 0.251. The third kappa shape index (κ3) is 4.72. The molecule has 0 atom stereocenters. The monoisotopic (exact) mass is 343 g/mol. The lowest BCUT2D eigenvalue weighted by atomic mass is 10.2. The molecule has 1 aliphatic rings. The SMILES string of the molecule is COc1ccc(CNc2ccc(NC(=O)NC3CC3)nn2)cc1OC. The van der Waals surface area contributed by atoms with Gasteiger partial charge in [-0.2, -0.15) is 0 Å². The smallest absolute Gasteiger partial charge is 0.320 e. The van der Waals surface area contributed by atoms with E-state index in [1.54, 1.807) is 26.4 Å².